The quantitative estimate of drug-likeness (QED) is 0.478. The number of hydrogen-bond donors (Lipinski definition) is 0. The number of esters is 2. The predicted octanol–water partition coefficient (Wildman–Crippen LogP) is 0.605. The Labute approximate surface area is 77.2 Å². The van der Waals surface area contributed by atoms with Gasteiger partial charge in [0.2, 0.25) is 0 Å². The first kappa shape index (κ1) is 10.2. The maximum atomic E-state index is 11.2. The molecule has 0 aliphatic carbocycles. The summed E-state index contributed by atoms with van der Waals surface area (Å²) in [5, 5.41) is 0. The molecule has 1 heterocycles. The van der Waals surface area contributed by atoms with Crippen molar-refractivity contribution >= 4 is 11.9 Å². The van der Waals surface area contributed by atoms with Crippen LogP contribution < -0.4 is 0 Å². The Hall–Kier alpha value is -0.900. The van der Waals surface area contributed by atoms with Crippen molar-refractivity contribution in [1.29, 1.82) is 0 Å². The lowest BCUT2D eigenvalue weighted by Gasteiger charge is -2.16. The van der Waals surface area contributed by atoms with Crippen molar-refractivity contribution in [1.82, 2.24) is 0 Å². The highest BCUT2D eigenvalue weighted by molar-refractivity contribution is 5.96. The summed E-state index contributed by atoms with van der Waals surface area (Å²) in [6.07, 6.45) is 0. The molecule has 4 heteroatoms. The molecule has 0 aromatic rings. The van der Waals surface area contributed by atoms with E-state index in [-0.39, 0.29) is 17.8 Å². The van der Waals surface area contributed by atoms with Crippen LogP contribution in [0.25, 0.3) is 0 Å². The van der Waals surface area contributed by atoms with Crippen molar-refractivity contribution < 1.29 is 19.1 Å². The van der Waals surface area contributed by atoms with E-state index in [4.69, 9.17) is 4.74 Å². The molecule has 3 atom stereocenters. The normalized spacial score (nSPS) is 30.4. The molecule has 0 radical (unpaired) electrons. The first-order chi connectivity index (χ1) is 6.07. The minimum atomic E-state index is -0.419. The minimum Gasteiger partial charge on any atom is -0.393 e. The number of ether oxygens (including phenoxy) is 2. The lowest BCUT2D eigenvalue weighted by atomic mass is 9.86. The Morgan fingerprint density at radius 3 is 2.46 bits per heavy atom. The highest BCUT2D eigenvalue weighted by Crippen LogP contribution is 2.29. The number of rotatable bonds is 3. The molecule has 0 bridgehead atoms. The zero-order valence-corrected chi connectivity index (χ0v) is 8.07. The zero-order valence-electron chi connectivity index (χ0n) is 8.07. The second-order valence-electron chi connectivity index (χ2n) is 3.49. The molecule has 0 N–H and O–H groups in total. The van der Waals surface area contributed by atoms with Gasteiger partial charge in [0.1, 0.15) is 0 Å². The smallest absolute Gasteiger partial charge is 0.317 e. The van der Waals surface area contributed by atoms with Gasteiger partial charge < -0.3 is 9.47 Å². The number of cyclic esters (lactones) is 2. The second kappa shape index (κ2) is 3.87. The van der Waals surface area contributed by atoms with Crippen molar-refractivity contribution in [2.24, 2.45) is 17.8 Å². The van der Waals surface area contributed by atoms with E-state index < -0.39 is 11.9 Å². The second-order valence-corrected chi connectivity index (χ2v) is 3.49. The van der Waals surface area contributed by atoms with Gasteiger partial charge >= 0.3 is 11.9 Å². The van der Waals surface area contributed by atoms with Crippen LogP contribution >= 0.6 is 0 Å². The molecule has 1 rings (SSSR count). The molecule has 0 spiro atoms. The van der Waals surface area contributed by atoms with Gasteiger partial charge in [-0.3, -0.25) is 9.59 Å². The van der Waals surface area contributed by atoms with E-state index in [1.54, 1.807) is 14.0 Å². The van der Waals surface area contributed by atoms with Crippen LogP contribution in [0, 0.1) is 17.8 Å². The van der Waals surface area contributed by atoms with Gasteiger partial charge in [0.15, 0.2) is 0 Å². The first-order valence-corrected chi connectivity index (χ1v) is 4.32. The summed E-state index contributed by atoms with van der Waals surface area (Å²) in [7, 11) is 1.57. The van der Waals surface area contributed by atoms with Gasteiger partial charge in [-0.05, 0) is 5.92 Å². The first-order valence-electron chi connectivity index (χ1n) is 4.32. The van der Waals surface area contributed by atoms with Crippen molar-refractivity contribution in [2.75, 3.05) is 13.7 Å². The van der Waals surface area contributed by atoms with Gasteiger partial charge in [0, 0.05) is 13.7 Å². The Bertz CT molecular complexity index is 224. The Morgan fingerprint density at radius 2 is 2.08 bits per heavy atom. The minimum absolute atomic E-state index is 0.0268. The van der Waals surface area contributed by atoms with Gasteiger partial charge in [-0.15, -0.1) is 0 Å². The Balaban J connectivity index is 2.67. The van der Waals surface area contributed by atoms with Crippen LogP contribution in [-0.2, 0) is 19.1 Å². The Kier molecular flexibility index (Phi) is 3.03. The molecule has 0 aromatic heterocycles. The highest BCUT2D eigenvalue weighted by Gasteiger charge is 2.44. The Morgan fingerprint density at radius 1 is 1.46 bits per heavy atom. The van der Waals surface area contributed by atoms with Crippen LogP contribution in [0.3, 0.4) is 0 Å². The monoisotopic (exact) mass is 186 g/mol. The summed E-state index contributed by atoms with van der Waals surface area (Å²) in [6, 6.07) is 0. The third kappa shape index (κ3) is 1.88. The molecule has 1 aliphatic rings. The summed E-state index contributed by atoms with van der Waals surface area (Å²) in [5.74, 6) is -1.48. The van der Waals surface area contributed by atoms with Crippen molar-refractivity contribution in [2.45, 2.75) is 13.8 Å². The maximum Gasteiger partial charge on any atom is 0.317 e. The zero-order chi connectivity index (χ0) is 10.0. The summed E-state index contributed by atoms with van der Waals surface area (Å²) >= 11 is 0. The molecular weight excluding hydrogens is 172 g/mol. The summed E-state index contributed by atoms with van der Waals surface area (Å²) < 4.78 is 9.45. The van der Waals surface area contributed by atoms with Crippen molar-refractivity contribution in [3.63, 3.8) is 0 Å². The molecule has 74 valence electrons. The molecule has 1 fully saturated rings. The number of carbonyl (C=O) groups excluding carboxylic acids is 2. The number of methoxy groups -OCH3 is 1. The van der Waals surface area contributed by atoms with Crippen molar-refractivity contribution in [3.05, 3.63) is 0 Å². The van der Waals surface area contributed by atoms with Gasteiger partial charge in [-0.25, -0.2) is 0 Å². The van der Waals surface area contributed by atoms with Crippen molar-refractivity contribution in [3.8, 4) is 0 Å². The molecule has 0 saturated carbocycles. The summed E-state index contributed by atoms with van der Waals surface area (Å²) in [6.45, 7) is 4.06. The van der Waals surface area contributed by atoms with Crippen LogP contribution in [0.2, 0.25) is 0 Å². The predicted molar refractivity (Wildman–Crippen MR) is 44.8 cm³/mol. The van der Waals surface area contributed by atoms with E-state index in [1.165, 1.54) is 0 Å². The molecule has 4 nitrogen and oxygen atoms in total. The van der Waals surface area contributed by atoms with Crippen LogP contribution in [0.4, 0.5) is 0 Å². The van der Waals surface area contributed by atoms with E-state index in [0.717, 1.165) is 0 Å². The summed E-state index contributed by atoms with van der Waals surface area (Å²) in [4.78, 5) is 22.2. The van der Waals surface area contributed by atoms with Gasteiger partial charge in [-0.1, -0.05) is 13.8 Å². The van der Waals surface area contributed by atoms with Crippen LogP contribution in [0.5, 0.6) is 0 Å². The van der Waals surface area contributed by atoms with Gasteiger partial charge in [-0.2, -0.15) is 0 Å². The molecule has 1 saturated heterocycles. The van der Waals surface area contributed by atoms with Crippen LogP contribution in [0.1, 0.15) is 13.8 Å². The molecule has 13 heavy (non-hydrogen) atoms. The third-order valence-corrected chi connectivity index (χ3v) is 2.43. The average Bonchev–Trinajstić information content (AvgIpc) is 2.27. The maximum absolute atomic E-state index is 11.2. The number of hydrogen-bond acceptors (Lipinski definition) is 4. The molecule has 0 aromatic carbocycles. The fourth-order valence-corrected chi connectivity index (χ4v) is 1.70. The lowest BCUT2D eigenvalue weighted by molar-refractivity contribution is -0.154. The molecule has 1 aliphatic heterocycles. The van der Waals surface area contributed by atoms with E-state index in [1.807, 2.05) is 6.92 Å². The number of carbonyl (C=O) groups is 2. The summed E-state index contributed by atoms with van der Waals surface area (Å²) in [5.41, 5.74) is 0. The largest absolute Gasteiger partial charge is 0.393 e. The van der Waals surface area contributed by atoms with E-state index in [2.05, 4.69) is 4.74 Å². The van der Waals surface area contributed by atoms with Gasteiger partial charge in [0.05, 0.1) is 11.8 Å². The lowest BCUT2D eigenvalue weighted by Crippen LogP contribution is -2.25. The third-order valence-electron chi connectivity index (χ3n) is 2.43. The van der Waals surface area contributed by atoms with E-state index in [0.29, 0.717) is 6.61 Å². The fourth-order valence-electron chi connectivity index (χ4n) is 1.70. The van der Waals surface area contributed by atoms with Crippen LogP contribution in [0.15, 0.2) is 0 Å². The standard InChI is InChI=1S/C9H14O4/c1-5(4-12-3)7-6(2)8(10)13-9(7)11/h5-7H,4H2,1-3H3. The molecule has 3 unspecified atom stereocenters. The van der Waals surface area contributed by atoms with Gasteiger partial charge in [0.25, 0.3) is 0 Å². The van der Waals surface area contributed by atoms with E-state index >= 15 is 0 Å². The SMILES string of the molecule is COCC(C)C1C(=O)OC(=O)C1C. The highest BCUT2D eigenvalue weighted by atomic mass is 16.6. The average molecular weight is 186 g/mol. The topological polar surface area (TPSA) is 52.6 Å². The fraction of sp³-hybridized carbons (Fsp3) is 0.778. The molecular formula is C9H14O4. The molecule has 0 amide bonds. The van der Waals surface area contributed by atoms with Crippen LogP contribution in [-0.4, -0.2) is 25.7 Å². The van der Waals surface area contributed by atoms with E-state index in [9.17, 15) is 9.59 Å².